The zero-order valence-corrected chi connectivity index (χ0v) is 31.0. The van der Waals surface area contributed by atoms with Gasteiger partial charge in [0.2, 0.25) is 0 Å². The smallest absolute Gasteiger partial charge is 0.271 e. The van der Waals surface area contributed by atoms with Crippen LogP contribution in [0.1, 0.15) is 42.1 Å². The summed E-state index contributed by atoms with van der Waals surface area (Å²) in [5.41, 5.74) is 4.31. The summed E-state index contributed by atoms with van der Waals surface area (Å²) in [6, 6.07) is 29.4. The molecule has 1 aromatic heterocycles. The van der Waals surface area contributed by atoms with Gasteiger partial charge < -0.3 is 14.8 Å². The average Bonchev–Trinajstić information content (AvgIpc) is 3.38. The topological polar surface area (TPSA) is 106 Å². The van der Waals surface area contributed by atoms with Gasteiger partial charge in [0.25, 0.3) is 11.5 Å². The van der Waals surface area contributed by atoms with E-state index in [0.717, 1.165) is 23.8 Å². The minimum atomic E-state index is -0.717. The SMILES string of the molecule is CCOc1ccc([C@@H]2C(C(=O)Nc3ccccc3)=C(C)N=c3s/c(=C\c4cc(I)cc(I)c4OCc4ccc(C#N)cc4)c(=O)n32)cc1. The van der Waals surface area contributed by atoms with Crippen molar-refractivity contribution in [1.82, 2.24) is 4.57 Å². The number of amides is 1. The lowest BCUT2D eigenvalue weighted by atomic mass is 9.95. The van der Waals surface area contributed by atoms with Gasteiger partial charge in [0.05, 0.1) is 43.7 Å². The number of rotatable bonds is 9. The molecule has 11 heteroatoms. The van der Waals surface area contributed by atoms with E-state index >= 15 is 0 Å². The van der Waals surface area contributed by atoms with Crippen molar-refractivity contribution >= 4 is 74.2 Å². The number of carbonyl (C=O) groups is 1. The standard InChI is InChI=1S/C37H28I2N4O4S/c1-3-46-29-15-13-25(14-16-29)33-32(35(44)42-28-7-5-4-6-8-28)22(2)41-37-43(33)36(45)31(48-37)18-26-17-27(38)19-30(39)34(26)47-21-24-11-9-23(20-40)10-12-24/h4-19,33H,3,21H2,1-2H3,(H,42,44)/b31-18-/t33-/m1/s1. The van der Waals surface area contributed by atoms with Crippen LogP contribution in [0.5, 0.6) is 11.5 Å². The first-order valence-corrected chi connectivity index (χ1v) is 18.0. The molecule has 5 aromatic rings. The van der Waals surface area contributed by atoms with Crippen molar-refractivity contribution in [3.63, 3.8) is 0 Å². The molecule has 0 radical (unpaired) electrons. The van der Waals surface area contributed by atoms with Crippen LogP contribution < -0.4 is 29.7 Å². The maximum absolute atomic E-state index is 14.4. The van der Waals surface area contributed by atoms with Crippen LogP contribution in [0.25, 0.3) is 6.08 Å². The Morgan fingerprint density at radius 1 is 1.04 bits per heavy atom. The normalized spacial score (nSPS) is 14.1. The third-order valence-electron chi connectivity index (χ3n) is 7.59. The van der Waals surface area contributed by atoms with Gasteiger partial charge in [0.15, 0.2) is 4.80 Å². The molecule has 0 saturated carbocycles. The van der Waals surface area contributed by atoms with Gasteiger partial charge in [0, 0.05) is 14.8 Å². The predicted octanol–water partition coefficient (Wildman–Crippen LogP) is 6.93. The zero-order chi connectivity index (χ0) is 33.8. The van der Waals surface area contributed by atoms with Crippen molar-refractivity contribution in [3.05, 3.63) is 151 Å². The van der Waals surface area contributed by atoms with Crippen molar-refractivity contribution in [2.75, 3.05) is 11.9 Å². The van der Waals surface area contributed by atoms with Gasteiger partial charge in [-0.05, 0) is 125 Å². The van der Waals surface area contributed by atoms with Crippen LogP contribution in [0.2, 0.25) is 0 Å². The summed E-state index contributed by atoms with van der Waals surface area (Å²) in [5, 5.41) is 12.1. The van der Waals surface area contributed by atoms with Crippen molar-refractivity contribution < 1.29 is 14.3 Å². The number of benzene rings is 4. The molecular formula is C37H28I2N4O4S. The average molecular weight is 879 g/mol. The summed E-state index contributed by atoms with van der Waals surface area (Å²) < 4.78 is 15.9. The van der Waals surface area contributed by atoms with E-state index in [0.29, 0.717) is 56.6 Å². The monoisotopic (exact) mass is 878 g/mol. The summed E-state index contributed by atoms with van der Waals surface area (Å²) in [5.74, 6) is 1.01. The molecule has 1 N–H and O–H groups in total. The summed E-state index contributed by atoms with van der Waals surface area (Å²) in [7, 11) is 0. The van der Waals surface area contributed by atoms with Crippen LogP contribution in [0.4, 0.5) is 5.69 Å². The Bertz CT molecular complexity index is 2260. The molecule has 1 aliphatic rings. The highest BCUT2D eigenvalue weighted by Gasteiger charge is 2.32. The fourth-order valence-electron chi connectivity index (χ4n) is 5.37. The van der Waals surface area contributed by atoms with Gasteiger partial charge in [-0.1, -0.05) is 53.8 Å². The van der Waals surface area contributed by atoms with Gasteiger partial charge in [-0.15, -0.1) is 0 Å². The molecule has 0 aliphatic carbocycles. The second kappa shape index (κ2) is 14.9. The highest BCUT2D eigenvalue weighted by molar-refractivity contribution is 14.1. The summed E-state index contributed by atoms with van der Waals surface area (Å²) >= 11 is 5.77. The van der Waals surface area contributed by atoms with E-state index in [2.05, 4.69) is 56.6 Å². The first-order valence-electron chi connectivity index (χ1n) is 15.0. The van der Waals surface area contributed by atoms with Crippen LogP contribution in [-0.2, 0) is 11.4 Å². The summed E-state index contributed by atoms with van der Waals surface area (Å²) in [4.78, 5) is 33.5. The van der Waals surface area contributed by atoms with Crippen molar-refractivity contribution in [1.29, 1.82) is 5.26 Å². The molecule has 0 fully saturated rings. The molecule has 2 heterocycles. The number of nitriles is 1. The Morgan fingerprint density at radius 2 is 1.77 bits per heavy atom. The fourth-order valence-corrected chi connectivity index (χ4v) is 8.45. The van der Waals surface area contributed by atoms with Crippen molar-refractivity contribution in [2.24, 2.45) is 4.99 Å². The molecule has 1 atom stereocenters. The number of aromatic nitrogens is 1. The molecule has 0 spiro atoms. The lowest BCUT2D eigenvalue weighted by molar-refractivity contribution is -0.113. The van der Waals surface area contributed by atoms with Crippen LogP contribution in [-0.4, -0.2) is 17.1 Å². The maximum atomic E-state index is 14.4. The number of nitrogens with zero attached hydrogens (tertiary/aromatic N) is 3. The van der Waals surface area contributed by atoms with Gasteiger partial charge in [-0.25, -0.2) is 4.99 Å². The van der Waals surface area contributed by atoms with Crippen LogP contribution in [0.15, 0.2) is 112 Å². The van der Waals surface area contributed by atoms with E-state index < -0.39 is 6.04 Å². The molecule has 4 aromatic carbocycles. The molecule has 6 rings (SSSR count). The first kappa shape index (κ1) is 33.6. The van der Waals surface area contributed by atoms with Gasteiger partial charge in [-0.3, -0.25) is 14.2 Å². The van der Waals surface area contributed by atoms with Crippen LogP contribution in [0.3, 0.4) is 0 Å². The Hall–Kier alpha value is -4.26. The third kappa shape index (κ3) is 7.25. The third-order valence-corrected chi connectivity index (χ3v) is 10.0. The molecule has 0 bridgehead atoms. The van der Waals surface area contributed by atoms with E-state index in [4.69, 9.17) is 19.7 Å². The Morgan fingerprint density at radius 3 is 2.46 bits per heavy atom. The number of nitrogens with one attached hydrogen (secondary N) is 1. The molecule has 1 amide bonds. The number of fused-ring (bicyclic) bond motifs is 1. The van der Waals surface area contributed by atoms with Gasteiger partial charge in [-0.2, -0.15) is 5.26 Å². The van der Waals surface area contributed by atoms with Crippen molar-refractivity contribution in [2.45, 2.75) is 26.5 Å². The van der Waals surface area contributed by atoms with E-state index in [9.17, 15) is 9.59 Å². The largest absolute Gasteiger partial charge is 0.494 e. The molecule has 0 unspecified atom stereocenters. The number of anilines is 1. The molecule has 0 saturated heterocycles. The van der Waals surface area contributed by atoms with Gasteiger partial charge >= 0.3 is 0 Å². The lowest BCUT2D eigenvalue weighted by Gasteiger charge is -2.25. The molecule has 240 valence electrons. The minimum Gasteiger partial charge on any atom is -0.494 e. The number of ether oxygens (including phenoxy) is 2. The lowest BCUT2D eigenvalue weighted by Crippen LogP contribution is -2.40. The quantitative estimate of drug-likeness (QED) is 0.162. The van der Waals surface area contributed by atoms with E-state index in [-0.39, 0.29) is 11.5 Å². The maximum Gasteiger partial charge on any atom is 0.271 e. The predicted molar refractivity (Wildman–Crippen MR) is 204 cm³/mol. The minimum absolute atomic E-state index is 0.262. The number of hydrogen-bond donors (Lipinski definition) is 1. The number of para-hydroxylation sites is 1. The van der Waals surface area contributed by atoms with E-state index in [1.165, 1.54) is 11.3 Å². The van der Waals surface area contributed by atoms with Gasteiger partial charge in [0.1, 0.15) is 18.1 Å². The van der Waals surface area contributed by atoms with Crippen LogP contribution >= 0.6 is 56.5 Å². The Labute approximate surface area is 308 Å². The molecular weight excluding hydrogens is 850 g/mol. The van der Waals surface area contributed by atoms with Crippen molar-refractivity contribution in [3.8, 4) is 17.6 Å². The van der Waals surface area contributed by atoms with E-state index in [1.807, 2.05) is 91.9 Å². The molecule has 1 aliphatic heterocycles. The first-order chi connectivity index (χ1) is 23.2. The Kier molecular flexibility index (Phi) is 10.4. The molecule has 48 heavy (non-hydrogen) atoms. The number of thiazole rings is 1. The number of hydrogen-bond acceptors (Lipinski definition) is 7. The zero-order valence-electron chi connectivity index (χ0n) is 25.9. The summed E-state index contributed by atoms with van der Waals surface area (Å²) in [6.45, 7) is 4.54. The second-order valence-electron chi connectivity index (χ2n) is 10.8. The Balaban J connectivity index is 1.44. The molecule has 8 nitrogen and oxygen atoms in total. The number of halogens is 2. The fraction of sp³-hybridized carbons (Fsp3) is 0.135. The van der Waals surface area contributed by atoms with Crippen LogP contribution in [0, 0.1) is 18.5 Å². The number of carbonyl (C=O) groups excluding carboxylic acids is 1. The highest BCUT2D eigenvalue weighted by atomic mass is 127. The second-order valence-corrected chi connectivity index (χ2v) is 14.2. The number of allylic oxidation sites excluding steroid dienone is 1. The van der Waals surface area contributed by atoms with E-state index in [1.54, 1.807) is 23.6 Å². The highest BCUT2D eigenvalue weighted by Crippen LogP contribution is 2.33. The summed E-state index contributed by atoms with van der Waals surface area (Å²) in [6.07, 6.45) is 1.83.